The van der Waals surface area contributed by atoms with Crippen LogP contribution in [0.15, 0.2) is 60.7 Å². The molecule has 0 aromatic heterocycles. The minimum Gasteiger partial charge on any atom is -0.445 e. The number of benzene rings is 2. The molecular weight excluding hydrogens is 418 g/mol. The SMILES string of the molecule is CC(C)(C)[Si](C)(C)OCC[C@H](NC(=O)OCc1ccccc1)C(=O)C#Cc1ccccc1. The summed E-state index contributed by atoms with van der Waals surface area (Å²) in [6.45, 7) is 11.3. The Hall–Kier alpha value is -2.88. The molecule has 0 aliphatic rings. The van der Waals surface area contributed by atoms with Gasteiger partial charge in [0.05, 0.1) is 0 Å². The summed E-state index contributed by atoms with van der Waals surface area (Å²) in [7, 11) is -1.97. The van der Waals surface area contributed by atoms with Crippen molar-refractivity contribution in [3.05, 3.63) is 71.8 Å². The average molecular weight is 452 g/mol. The maximum atomic E-state index is 12.8. The largest absolute Gasteiger partial charge is 0.445 e. The lowest BCUT2D eigenvalue weighted by Crippen LogP contribution is -2.44. The van der Waals surface area contributed by atoms with Crippen LogP contribution in [-0.4, -0.2) is 32.8 Å². The van der Waals surface area contributed by atoms with Crippen LogP contribution in [0.2, 0.25) is 18.1 Å². The third-order valence-corrected chi connectivity index (χ3v) is 10.1. The summed E-state index contributed by atoms with van der Waals surface area (Å²) in [5.41, 5.74) is 1.61. The van der Waals surface area contributed by atoms with E-state index in [-0.39, 0.29) is 17.4 Å². The zero-order valence-corrected chi connectivity index (χ0v) is 20.6. The van der Waals surface area contributed by atoms with Crippen molar-refractivity contribution in [1.29, 1.82) is 0 Å². The van der Waals surface area contributed by atoms with Gasteiger partial charge in [0.2, 0.25) is 5.78 Å². The van der Waals surface area contributed by atoms with E-state index >= 15 is 0 Å². The van der Waals surface area contributed by atoms with Gasteiger partial charge in [0, 0.05) is 12.2 Å². The van der Waals surface area contributed by atoms with E-state index in [4.69, 9.17) is 9.16 Å². The van der Waals surface area contributed by atoms with Crippen LogP contribution in [0, 0.1) is 11.8 Å². The van der Waals surface area contributed by atoms with Crippen LogP contribution in [0.5, 0.6) is 0 Å². The van der Waals surface area contributed by atoms with E-state index in [1.54, 1.807) is 0 Å². The molecule has 2 aromatic rings. The molecule has 0 saturated heterocycles. The third-order valence-electron chi connectivity index (χ3n) is 5.60. The lowest BCUT2D eigenvalue weighted by Gasteiger charge is -2.36. The van der Waals surface area contributed by atoms with E-state index in [2.05, 4.69) is 51.0 Å². The van der Waals surface area contributed by atoms with Crippen molar-refractivity contribution in [2.45, 2.75) is 58.0 Å². The van der Waals surface area contributed by atoms with Gasteiger partial charge in [-0.2, -0.15) is 0 Å². The summed E-state index contributed by atoms with van der Waals surface area (Å²) in [6, 6.07) is 17.8. The lowest BCUT2D eigenvalue weighted by atomic mass is 10.1. The number of hydrogen-bond acceptors (Lipinski definition) is 4. The first-order chi connectivity index (χ1) is 15.1. The molecule has 0 bridgehead atoms. The minimum absolute atomic E-state index is 0.0572. The molecule has 0 unspecified atom stereocenters. The third kappa shape index (κ3) is 8.33. The Morgan fingerprint density at radius 2 is 1.59 bits per heavy atom. The standard InChI is InChI=1S/C26H33NO4Si/c1-26(2,3)32(4,5)31-19-18-23(24(28)17-16-21-12-8-6-9-13-21)27-25(29)30-20-22-14-10-7-11-15-22/h6-15,23H,18-20H2,1-5H3,(H,27,29)/t23-/m0/s1. The maximum Gasteiger partial charge on any atom is 0.408 e. The Morgan fingerprint density at radius 3 is 2.19 bits per heavy atom. The monoisotopic (exact) mass is 451 g/mol. The topological polar surface area (TPSA) is 64.6 Å². The number of rotatable bonds is 8. The van der Waals surface area contributed by atoms with E-state index in [0.29, 0.717) is 13.0 Å². The molecule has 32 heavy (non-hydrogen) atoms. The van der Waals surface area contributed by atoms with Gasteiger partial charge < -0.3 is 14.5 Å². The van der Waals surface area contributed by atoms with E-state index in [1.807, 2.05) is 60.7 Å². The van der Waals surface area contributed by atoms with E-state index in [1.165, 1.54) is 0 Å². The first-order valence-electron chi connectivity index (χ1n) is 10.8. The highest BCUT2D eigenvalue weighted by Gasteiger charge is 2.37. The number of Topliss-reactive ketones (excluding diaryl/α,β-unsaturated/α-hetero) is 1. The van der Waals surface area contributed by atoms with Crippen LogP contribution in [-0.2, 0) is 20.6 Å². The van der Waals surface area contributed by atoms with Crippen LogP contribution < -0.4 is 5.32 Å². The number of hydrogen-bond donors (Lipinski definition) is 1. The molecule has 1 N–H and O–H groups in total. The number of nitrogens with one attached hydrogen (secondary N) is 1. The van der Waals surface area contributed by atoms with Crippen molar-refractivity contribution >= 4 is 20.2 Å². The normalized spacial score (nSPS) is 12.3. The fraction of sp³-hybridized carbons (Fsp3) is 0.385. The molecule has 170 valence electrons. The lowest BCUT2D eigenvalue weighted by molar-refractivity contribution is -0.116. The van der Waals surface area contributed by atoms with Gasteiger partial charge in [-0.25, -0.2) is 4.79 Å². The minimum atomic E-state index is -1.97. The molecule has 0 spiro atoms. The molecule has 0 fully saturated rings. The number of carbonyl (C=O) groups excluding carboxylic acids is 2. The summed E-state index contributed by atoms with van der Waals surface area (Å²) in [5, 5.41) is 2.73. The molecule has 0 aliphatic heterocycles. The Morgan fingerprint density at radius 1 is 1.00 bits per heavy atom. The predicted molar refractivity (Wildman–Crippen MR) is 130 cm³/mol. The van der Waals surface area contributed by atoms with Gasteiger partial charge in [-0.3, -0.25) is 4.79 Å². The molecule has 0 saturated carbocycles. The van der Waals surface area contributed by atoms with Crippen LogP contribution in [0.3, 0.4) is 0 Å². The molecule has 5 nitrogen and oxygen atoms in total. The summed E-state index contributed by atoms with van der Waals surface area (Å²) < 4.78 is 11.5. The molecular formula is C26H33NO4Si. The van der Waals surface area contributed by atoms with Crippen molar-refractivity contribution in [3.8, 4) is 11.8 Å². The number of carbonyl (C=O) groups is 2. The Labute approximate surface area is 192 Å². The molecule has 2 rings (SSSR count). The molecule has 0 radical (unpaired) electrons. The highest BCUT2D eigenvalue weighted by Crippen LogP contribution is 2.36. The van der Waals surface area contributed by atoms with Gasteiger partial charge in [0.25, 0.3) is 0 Å². The van der Waals surface area contributed by atoms with Crippen LogP contribution in [0.1, 0.15) is 38.3 Å². The molecule has 6 heteroatoms. The quantitative estimate of drug-likeness (QED) is 0.436. The smallest absolute Gasteiger partial charge is 0.408 e. The van der Waals surface area contributed by atoms with Gasteiger partial charge >= 0.3 is 6.09 Å². The zero-order chi connectivity index (χ0) is 23.6. The fourth-order valence-corrected chi connectivity index (χ4v) is 3.63. The summed E-state index contributed by atoms with van der Waals surface area (Å²) in [5.74, 6) is 5.14. The van der Waals surface area contributed by atoms with Gasteiger partial charge in [-0.05, 0) is 48.2 Å². The van der Waals surface area contributed by atoms with Gasteiger partial charge in [0.15, 0.2) is 8.32 Å². The maximum absolute atomic E-state index is 12.8. The van der Waals surface area contributed by atoms with Gasteiger partial charge in [-0.15, -0.1) is 0 Å². The number of alkyl carbamates (subject to hydrolysis) is 1. The highest BCUT2D eigenvalue weighted by atomic mass is 28.4. The predicted octanol–water partition coefficient (Wildman–Crippen LogP) is 5.31. The molecule has 0 heterocycles. The average Bonchev–Trinajstić information content (AvgIpc) is 2.76. The van der Waals surface area contributed by atoms with E-state index in [0.717, 1.165) is 11.1 Å². The van der Waals surface area contributed by atoms with Crippen LogP contribution in [0.25, 0.3) is 0 Å². The van der Waals surface area contributed by atoms with Gasteiger partial charge in [0.1, 0.15) is 12.6 Å². The summed E-state index contributed by atoms with van der Waals surface area (Å²) in [6.07, 6.45) is -0.323. The van der Waals surface area contributed by atoms with Crippen LogP contribution >= 0.6 is 0 Å². The summed E-state index contributed by atoms with van der Waals surface area (Å²) >= 11 is 0. The zero-order valence-electron chi connectivity index (χ0n) is 19.6. The Bertz CT molecular complexity index is 941. The first-order valence-corrected chi connectivity index (χ1v) is 13.7. The van der Waals surface area contributed by atoms with E-state index < -0.39 is 20.5 Å². The summed E-state index contributed by atoms with van der Waals surface area (Å²) in [4.78, 5) is 25.1. The first kappa shape index (κ1) is 25.4. The Kier molecular flexibility index (Phi) is 9.24. The number of ether oxygens (including phenoxy) is 1. The highest BCUT2D eigenvalue weighted by molar-refractivity contribution is 6.74. The second kappa shape index (κ2) is 11.7. The number of amides is 1. The van der Waals surface area contributed by atoms with Crippen LogP contribution in [0.4, 0.5) is 4.79 Å². The van der Waals surface area contributed by atoms with Crippen molar-refractivity contribution < 1.29 is 18.8 Å². The molecule has 0 aliphatic carbocycles. The van der Waals surface area contributed by atoms with Crippen molar-refractivity contribution in [3.63, 3.8) is 0 Å². The second-order valence-corrected chi connectivity index (χ2v) is 13.9. The van der Waals surface area contributed by atoms with Gasteiger partial charge in [-0.1, -0.05) is 75.2 Å². The molecule has 2 aromatic carbocycles. The second-order valence-electron chi connectivity index (χ2n) is 9.14. The molecule has 1 atom stereocenters. The van der Waals surface area contributed by atoms with Crippen molar-refractivity contribution in [1.82, 2.24) is 5.32 Å². The molecule has 1 amide bonds. The fourth-order valence-electron chi connectivity index (χ4n) is 2.57. The Balaban J connectivity index is 2.03. The van der Waals surface area contributed by atoms with Crippen molar-refractivity contribution in [2.24, 2.45) is 0 Å². The van der Waals surface area contributed by atoms with E-state index in [9.17, 15) is 9.59 Å². The number of ketones is 1. The van der Waals surface area contributed by atoms with Crippen molar-refractivity contribution in [2.75, 3.05) is 6.61 Å².